The lowest BCUT2D eigenvalue weighted by Gasteiger charge is -2.42. The Bertz CT molecular complexity index is 504. The van der Waals surface area contributed by atoms with E-state index in [1.165, 1.54) is 24.8 Å². The summed E-state index contributed by atoms with van der Waals surface area (Å²) in [5.74, 6) is 0.736. The second-order valence-electron chi connectivity index (χ2n) is 7.44. The van der Waals surface area contributed by atoms with Gasteiger partial charge >= 0.3 is 5.97 Å². The first kappa shape index (κ1) is 17.1. The molecule has 122 valence electrons. The third-order valence-corrected chi connectivity index (χ3v) is 5.36. The summed E-state index contributed by atoms with van der Waals surface area (Å²) in [6.07, 6.45) is 6.99. The molecule has 2 rings (SSSR count). The van der Waals surface area contributed by atoms with Crippen LogP contribution in [0.4, 0.5) is 0 Å². The Labute approximate surface area is 134 Å². The van der Waals surface area contributed by atoms with Crippen LogP contribution >= 0.6 is 0 Å². The lowest BCUT2D eigenvalue weighted by Crippen LogP contribution is -2.32. The molecule has 2 heteroatoms. The molecule has 1 unspecified atom stereocenters. The molecule has 0 heterocycles. The monoisotopic (exact) mass is 302 g/mol. The zero-order valence-electron chi connectivity index (χ0n) is 14.3. The molecule has 1 N–H and O–H groups in total. The molecule has 0 saturated carbocycles. The Morgan fingerprint density at radius 2 is 1.95 bits per heavy atom. The molecule has 2 nitrogen and oxygen atoms in total. The van der Waals surface area contributed by atoms with Crippen LogP contribution in [0.25, 0.3) is 0 Å². The lowest BCUT2D eigenvalue weighted by atomic mass is 9.62. The summed E-state index contributed by atoms with van der Waals surface area (Å²) in [5.41, 5.74) is 3.34. The molecule has 22 heavy (non-hydrogen) atoms. The number of unbranched alkanes of at least 4 members (excludes halogenated alkanes) is 2. The van der Waals surface area contributed by atoms with E-state index in [0.717, 1.165) is 25.2 Å². The van der Waals surface area contributed by atoms with Crippen LogP contribution in [-0.2, 0) is 10.2 Å². The Morgan fingerprint density at radius 1 is 1.23 bits per heavy atom. The van der Waals surface area contributed by atoms with Crippen molar-refractivity contribution in [3.63, 3.8) is 0 Å². The van der Waals surface area contributed by atoms with E-state index in [9.17, 15) is 4.79 Å². The Balaban J connectivity index is 2.06. The molecule has 1 aliphatic rings. The zero-order chi connectivity index (χ0) is 16.2. The highest BCUT2D eigenvalue weighted by Crippen LogP contribution is 2.48. The van der Waals surface area contributed by atoms with Crippen LogP contribution in [0.3, 0.4) is 0 Å². The average Bonchev–Trinajstić information content (AvgIpc) is 2.48. The minimum absolute atomic E-state index is 0.275. The summed E-state index contributed by atoms with van der Waals surface area (Å²) in [5, 5.41) is 8.73. The highest BCUT2D eigenvalue weighted by Gasteiger charge is 2.37. The van der Waals surface area contributed by atoms with Crippen LogP contribution in [0.5, 0.6) is 0 Å². The van der Waals surface area contributed by atoms with Crippen molar-refractivity contribution >= 4 is 5.97 Å². The van der Waals surface area contributed by atoms with E-state index >= 15 is 0 Å². The third kappa shape index (κ3) is 3.91. The van der Waals surface area contributed by atoms with Crippen molar-refractivity contribution in [2.24, 2.45) is 5.92 Å². The predicted molar refractivity (Wildman–Crippen MR) is 91.3 cm³/mol. The van der Waals surface area contributed by atoms with Gasteiger partial charge in [0.1, 0.15) is 0 Å². The fraction of sp³-hybridized carbons (Fsp3) is 0.650. The third-order valence-electron chi connectivity index (χ3n) is 5.36. The predicted octanol–water partition coefficient (Wildman–Crippen LogP) is 5.51. The van der Waals surface area contributed by atoms with Crippen molar-refractivity contribution in [2.75, 3.05) is 0 Å². The lowest BCUT2D eigenvalue weighted by molar-refractivity contribution is -0.137. The van der Waals surface area contributed by atoms with Gasteiger partial charge in [-0.15, -0.1) is 0 Å². The Hall–Kier alpha value is -1.31. The smallest absolute Gasteiger partial charge is 0.303 e. The van der Waals surface area contributed by atoms with Gasteiger partial charge in [-0.05, 0) is 47.6 Å². The standard InChI is InChI=1S/C20H30O2/c1-4-15-14-20(2,3)18-12-9-8-11-17(18)16(15)10-6-5-7-13-19(21)22/h8-9,11-12,15-16H,4-7,10,13-14H2,1-3H3,(H,21,22)/t15?,16-/m0/s1. The Morgan fingerprint density at radius 3 is 2.64 bits per heavy atom. The van der Waals surface area contributed by atoms with Crippen molar-refractivity contribution < 1.29 is 9.90 Å². The van der Waals surface area contributed by atoms with Crippen molar-refractivity contribution in [1.29, 1.82) is 0 Å². The van der Waals surface area contributed by atoms with Crippen LogP contribution in [0.2, 0.25) is 0 Å². The molecule has 1 aliphatic carbocycles. The minimum atomic E-state index is -0.670. The molecule has 2 atom stereocenters. The quantitative estimate of drug-likeness (QED) is 0.674. The Kier molecular flexibility index (Phi) is 5.66. The van der Waals surface area contributed by atoms with E-state index in [2.05, 4.69) is 45.0 Å². The van der Waals surface area contributed by atoms with Gasteiger partial charge in [0.2, 0.25) is 0 Å². The summed E-state index contributed by atoms with van der Waals surface area (Å²) in [7, 11) is 0. The minimum Gasteiger partial charge on any atom is -0.481 e. The average molecular weight is 302 g/mol. The first-order valence-electron chi connectivity index (χ1n) is 8.77. The van der Waals surface area contributed by atoms with Crippen molar-refractivity contribution in [3.8, 4) is 0 Å². The number of carboxylic acid groups (broad SMARTS) is 1. The molecule has 0 saturated heterocycles. The molecular weight excluding hydrogens is 272 g/mol. The fourth-order valence-electron chi connectivity index (χ4n) is 4.24. The van der Waals surface area contributed by atoms with Crippen LogP contribution in [0, 0.1) is 5.92 Å². The number of fused-ring (bicyclic) bond motifs is 1. The maximum Gasteiger partial charge on any atom is 0.303 e. The number of carboxylic acids is 1. The van der Waals surface area contributed by atoms with E-state index in [1.54, 1.807) is 5.56 Å². The van der Waals surface area contributed by atoms with Crippen LogP contribution < -0.4 is 0 Å². The highest BCUT2D eigenvalue weighted by molar-refractivity contribution is 5.66. The zero-order valence-corrected chi connectivity index (χ0v) is 14.3. The molecule has 0 aliphatic heterocycles. The van der Waals surface area contributed by atoms with Gasteiger partial charge in [-0.3, -0.25) is 4.79 Å². The summed E-state index contributed by atoms with van der Waals surface area (Å²) < 4.78 is 0. The molecule has 0 radical (unpaired) electrons. The van der Waals surface area contributed by atoms with Gasteiger partial charge in [-0.2, -0.15) is 0 Å². The normalized spacial score (nSPS) is 23.0. The van der Waals surface area contributed by atoms with Gasteiger partial charge in [0.05, 0.1) is 0 Å². The van der Waals surface area contributed by atoms with E-state index in [1.807, 2.05) is 0 Å². The number of carbonyl (C=O) groups is 1. The number of rotatable bonds is 7. The van der Waals surface area contributed by atoms with E-state index < -0.39 is 5.97 Å². The molecular formula is C20H30O2. The van der Waals surface area contributed by atoms with Gasteiger partial charge in [-0.1, -0.05) is 64.3 Å². The van der Waals surface area contributed by atoms with Crippen molar-refractivity contribution in [3.05, 3.63) is 35.4 Å². The summed E-state index contributed by atoms with van der Waals surface area (Å²) in [4.78, 5) is 10.6. The summed E-state index contributed by atoms with van der Waals surface area (Å²) in [6, 6.07) is 8.96. The van der Waals surface area contributed by atoms with Crippen LogP contribution in [0.15, 0.2) is 24.3 Å². The highest BCUT2D eigenvalue weighted by atomic mass is 16.4. The first-order valence-corrected chi connectivity index (χ1v) is 8.77. The van der Waals surface area contributed by atoms with Crippen molar-refractivity contribution in [1.82, 2.24) is 0 Å². The van der Waals surface area contributed by atoms with Crippen LogP contribution in [-0.4, -0.2) is 11.1 Å². The molecule has 0 spiro atoms. The second kappa shape index (κ2) is 7.30. The molecule has 1 aromatic rings. The van der Waals surface area contributed by atoms with Gasteiger partial charge in [0.25, 0.3) is 0 Å². The molecule has 0 fully saturated rings. The fourth-order valence-corrected chi connectivity index (χ4v) is 4.24. The van der Waals surface area contributed by atoms with Crippen molar-refractivity contribution in [2.45, 2.75) is 77.0 Å². The SMILES string of the molecule is CCC1CC(C)(C)c2ccccc2[C@H]1CCCCCC(=O)O. The van der Waals surface area contributed by atoms with E-state index in [0.29, 0.717) is 12.3 Å². The van der Waals surface area contributed by atoms with Crippen LogP contribution in [0.1, 0.15) is 82.8 Å². The summed E-state index contributed by atoms with van der Waals surface area (Å²) in [6.45, 7) is 7.06. The van der Waals surface area contributed by atoms with Gasteiger partial charge in [0, 0.05) is 6.42 Å². The first-order chi connectivity index (χ1) is 10.5. The summed E-state index contributed by atoms with van der Waals surface area (Å²) >= 11 is 0. The number of hydrogen-bond donors (Lipinski definition) is 1. The van der Waals surface area contributed by atoms with E-state index in [4.69, 9.17) is 5.11 Å². The van der Waals surface area contributed by atoms with E-state index in [-0.39, 0.29) is 5.41 Å². The second-order valence-corrected chi connectivity index (χ2v) is 7.44. The molecule has 1 aromatic carbocycles. The number of hydrogen-bond acceptors (Lipinski definition) is 1. The largest absolute Gasteiger partial charge is 0.481 e. The molecule has 0 amide bonds. The van der Waals surface area contributed by atoms with Gasteiger partial charge in [0.15, 0.2) is 0 Å². The van der Waals surface area contributed by atoms with Gasteiger partial charge < -0.3 is 5.11 Å². The number of benzene rings is 1. The number of aliphatic carboxylic acids is 1. The molecule has 0 bridgehead atoms. The maximum atomic E-state index is 10.6. The molecule has 0 aromatic heterocycles. The van der Waals surface area contributed by atoms with Gasteiger partial charge in [-0.25, -0.2) is 0 Å². The topological polar surface area (TPSA) is 37.3 Å². The maximum absolute atomic E-state index is 10.6.